The molecule has 0 saturated heterocycles. The van der Waals surface area contributed by atoms with Crippen molar-refractivity contribution in [2.45, 2.75) is 25.6 Å². The van der Waals surface area contributed by atoms with Crippen LogP contribution in [0.3, 0.4) is 0 Å². The number of hydrogen-bond acceptors (Lipinski definition) is 5. The van der Waals surface area contributed by atoms with Crippen LogP contribution in [0.15, 0.2) is 82.7 Å². The number of rotatable bonds is 6. The summed E-state index contributed by atoms with van der Waals surface area (Å²) in [5, 5.41) is 1.16. The van der Waals surface area contributed by atoms with E-state index in [1.54, 1.807) is 20.3 Å². The Labute approximate surface area is 208 Å². The minimum absolute atomic E-state index is 0.127. The maximum atomic E-state index is 13.7. The van der Waals surface area contributed by atoms with Gasteiger partial charge in [0, 0.05) is 23.8 Å². The van der Waals surface area contributed by atoms with Crippen LogP contribution < -0.4 is 14.9 Å². The third-order valence-electron chi connectivity index (χ3n) is 6.21. The monoisotopic (exact) mass is 488 g/mol. The number of benzene rings is 3. The minimum Gasteiger partial charge on any atom is -0.493 e. The number of ether oxygens (including phenoxy) is 3. The van der Waals surface area contributed by atoms with E-state index in [9.17, 15) is 4.79 Å². The SMILES string of the molecule is COc1cc2c(=O)c(C3=N[C@@H](C)[C@@H](c4ccccc4)O3)cn(Cc3ccc(Cl)cc3)c2cc1OC. The van der Waals surface area contributed by atoms with Crippen molar-refractivity contribution in [1.29, 1.82) is 0 Å². The summed E-state index contributed by atoms with van der Waals surface area (Å²) in [5.41, 5.74) is 3.01. The van der Waals surface area contributed by atoms with Gasteiger partial charge in [-0.15, -0.1) is 0 Å². The van der Waals surface area contributed by atoms with Crippen molar-refractivity contribution in [3.63, 3.8) is 0 Å². The molecule has 1 aromatic heterocycles. The summed E-state index contributed by atoms with van der Waals surface area (Å²) in [4.78, 5) is 18.4. The average molecular weight is 489 g/mol. The second kappa shape index (κ2) is 9.47. The molecule has 1 aliphatic heterocycles. The Kier molecular flexibility index (Phi) is 6.22. The third kappa shape index (κ3) is 4.37. The van der Waals surface area contributed by atoms with E-state index < -0.39 is 0 Å². The third-order valence-corrected chi connectivity index (χ3v) is 6.46. The fraction of sp³-hybridized carbons (Fsp3) is 0.214. The molecule has 4 aromatic rings. The number of fused-ring (bicyclic) bond motifs is 1. The first kappa shape index (κ1) is 23.0. The Morgan fingerprint density at radius 1 is 1.00 bits per heavy atom. The first-order valence-corrected chi connectivity index (χ1v) is 11.7. The van der Waals surface area contributed by atoms with E-state index in [0.717, 1.165) is 16.6 Å². The van der Waals surface area contributed by atoms with Gasteiger partial charge in [-0.2, -0.15) is 0 Å². The zero-order chi connectivity index (χ0) is 24.5. The Hall–Kier alpha value is -3.77. The molecule has 178 valence electrons. The van der Waals surface area contributed by atoms with Crippen LogP contribution >= 0.6 is 11.6 Å². The molecule has 0 unspecified atom stereocenters. The van der Waals surface area contributed by atoms with Gasteiger partial charge in [0.25, 0.3) is 0 Å². The number of pyridine rings is 1. The number of methoxy groups -OCH3 is 2. The van der Waals surface area contributed by atoms with Crippen LogP contribution in [0.1, 0.15) is 29.7 Å². The normalized spacial score (nSPS) is 17.2. The summed E-state index contributed by atoms with van der Waals surface area (Å²) in [6.07, 6.45) is 1.56. The first-order chi connectivity index (χ1) is 17.0. The molecule has 5 rings (SSSR count). The molecule has 6 nitrogen and oxygen atoms in total. The van der Waals surface area contributed by atoms with Gasteiger partial charge in [0.2, 0.25) is 11.3 Å². The summed E-state index contributed by atoms with van der Waals surface area (Å²) in [7, 11) is 3.13. The van der Waals surface area contributed by atoms with Crippen molar-refractivity contribution in [3.8, 4) is 11.5 Å². The molecule has 0 N–H and O–H groups in total. The number of aliphatic imine (C=N–C) groups is 1. The van der Waals surface area contributed by atoms with Crippen LogP contribution in [0.5, 0.6) is 11.5 Å². The highest BCUT2D eigenvalue weighted by Crippen LogP contribution is 2.33. The topological polar surface area (TPSA) is 62.0 Å². The molecule has 0 saturated carbocycles. The molecule has 7 heteroatoms. The fourth-order valence-corrected chi connectivity index (χ4v) is 4.54. The van der Waals surface area contributed by atoms with Crippen molar-refractivity contribution in [2.75, 3.05) is 14.2 Å². The van der Waals surface area contributed by atoms with Crippen LogP contribution in [0.4, 0.5) is 0 Å². The van der Waals surface area contributed by atoms with Crippen LogP contribution in [0.2, 0.25) is 5.02 Å². The van der Waals surface area contributed by atoms with Gasteiger partial charge in [0.05, 0.1) is 31.2 Å². The lowest BCUT2D eigenvalue weighted by Gasteiger charge is -2.17. The molecule has 0 aliphatic carbocycles. The molecule has 0 fully saturated rings. The van der Waals surface area contributed by atoms with E-state index in [4.69, 9.17) is 30.8 Å². The number of aromatic nitrogens is 1. The van der Waals surface area contributed by atoms with Crippen molar-refractivity contribution in [2.24, 2.45) is 4.99 Å². The molecule has 1 aliphatic rings. The summed E-state index contributed by atoms with van der Waals surface area (Å²) in [6, 6.07) is 21.0. The number of hydrogen-bond donors (Lipinski definition) is 0. The van der Waals surface area contributed by atoms with Crippen molar-refractivity contribution in [3.05, 3.63) is 105 Å². The van der Waals surface area contributed by atoms with Gasteiger partial charge in [-0.3, -0.25) is 4.79 Å². The van der Waals surface area contributed by atoms with Crippen LogP contribution in [0, 0.1) is 0 Å². The average Bonchev–Trinajstić information content (AvgIpc) is 3.27. The maximum absolute atomic E-state index is 13.7. The lowest BCUT2D eigenvalue weighted by molar-refractivity contribution is 0.202. The second-order valence-electron chi connectivity index (χ2n) is 8.47. The summed E-state index contributed by atoms with van der Waals surface area (Å²) in [6.45, 7) is 2.51. The standard InChI is InChI=1S/C28H25ClN2O4/c1-17-27(19-7-5-4-6-8-19)35-28(30-17)22-16-31(15-18-9-11-20(29)12-10-18)23-14-25(34-3)24(33-2)13-21(23)26(22)32/h4-14,16-17,27H,15H2,1-3H3/t17-,27-/m0/s1. The van der Waals surface area contributed by atoms with E-state index >= 15 is 0 Å². The lowest BCUT2D eigenvalue weighted by Crippen LogP contribution is -2.21. The molecular formula is C28H25ClN2O4. The van der Waals surface area contributed by atoms with Crippen LogP contribution in [-0.4, -0.2) is 30.7 Å². The first-order valence-electron chi connectivity index (χ1n) is 11.3. The molecule has 0 amide bonds. The molecule has 0 bridgehead atoms. The Bertz CT molecular complexity index is 1460. The van der Waals surface area contributed by atoms with Gasteiger partial charge in [-0.25, -0.2) is 4.99 Å². The largest absolute Gasteiger partial charge is 0.493 e. The van der Waals surface area contributed by atoms with Crippen LogP contribution in [-0.2, 0) is 11.3 Å². The molecular weight excluding hydrogens is 464 g/mol. The minimum atomic E-state index is -0.253. The summed E-state index contributed by atoms with van der Waals surface area (Å²) in [5.74, 6) is 1.37. The van der Waals surface area contributed by atoms with E-state index in [1.807, 2.05) is 78.4 Å². The Morgan fingerprint density at radius 2 is 1.69 bits per heavy atom. The predicted molar refractivity (Wildman–Crippen MR) is 138 cm³/mol. The second-order valence-corrected chi connectivity index (χ2v) is 8.91. The van der Waals surface area contributed by atoms with Gasteiger partial charge in [0.15, 0.2) is 11.5 Å². The van der Waals surface area contributed by atoms with E-state index in [-0.39, 0.29) is 17.6 Å². The predicted octanol–water partition coefficient (Wildman–Crippen LogP) is 5.63. The molecule has 2 atom stereocenters. The summed E-state index contributed by atoms with van der Waals surface area (Å²) >= 11 is 6.08. The molecule has 35 heavy (non-hydrogen) atoms. The molecule has 0 radical (unpaired) electrons. The Morgan fingerprint density at radius 3 is 2.37 bits per heavy atom. The Balaban J connectivity index is 1.65. The van der Waals surface area contributed by atoms with Crippen molar-refractivity contribution < 1.29 is 14.2 Å². The highest BCUT2D eigenvalue weighted by Gasteiger charge is 2.31. The maximum Gasteiger partial charge on any atom is 0.222 e. The van der Waals surface area contributed by atoms with E-state index in [0.29, 0.717) is 39.9 Å². The highest BCUT2D eigenvalue weighted by atomic mass is 35.5. The zero-order valence-electron chi connectivity index (χ0n) is 19.7. The molecule has 3 aromatic carbocycles. The summed E-state index contributed by atoms with van der Waals surface area (Å²) < 4.78 is 19.2. The molecule has 2 heterocycles. The van der Waals surface area contributed by atoms with E-state index in [2.05, 4.69) is 0 Å². The van der Waals surface area contributed by atoms with Crippen LogP contribution in [0.25, 0.3) is 10.9 Å². The smallest absolute Gasteiger partial charge is 0.222 e. The van der Waals surface area contributed by atoms with Gasteiger partial charge in [-0.05, 0) is 36.2 Å². The van der Waals surface area contributed by atoms with Crippen molar-refractivity contribution in [1.82, 2.24) is 4.57 Å². The highest BCUT2D eigenvalue weighted by molar-refractivity contribution is 6.30. The quantitative estimate of drug-likeness (QED) is 0.353. The van der Waals surface area contributed by atoms with Gasteiger partial charge < -0.3 is 18.8 Å². The number of nitrogens with zero attached hydrogens (tertiary/aromatic N) is 2. The number of halogens is 1. The molecule has 0 spiro atoms. The fourth-order valence-electron chi connectivity index (χ4n) is 4.41. The van der Waals surface area contributed by atoms with Crippen molar-refractivity contribution >= 4 is 28.4 Å². The van der Waals surface area contributed by atoms with Gasteiger partial charge in [-0.1, -0.05) is 54.1 Å². The van der Waals surface area contributed by atoms with E-state index in [1.165, 1.54) is 0 Å². The van der Waals surface area contributed by atoms with Gasteiger partial charge in [0.1, 0.15) is 11.7 Å². The zero-order valence-corrected chi connectivity index (χ0v) is 20.5. The lowest BCUT2D eigenvalue weighted by atomic mass is 10.0. The van der Waals surface area contributed by atoms with Gasteiger partial charge >= 0.3 is 0 Å².